The molecule has 0 radical (unpaired) electrons. The number of aliphatic hydroxyl groups is 1. The Labute approximate surface area is 146 Å². The molecule has 1 amide bonds. The van der Waals surface area contributed by atoms with E-state index in [1.165, 1.54) is 0 Å². The van der Waals surface area contributed by atoms with Gasteiger partial charge < -0.3 is 10.4 Å². The first-order valence-corrected chi connectivity index (χ1v) is 8.15. The van der Waals surface area contributed by atoms with Crippen LogP contribution in [0.3, 0.4) is 0 Å². The summed E-state index contributed by atoms with van der Waals surface area (Å²) in [5.41, 5.74) is 1.91. The smallest absolute Gasteiger partial charge is 0.273 e. The van der Waals surface area contributed by atoms with Crippen molar-refractivity contribution in [3.8, 4) is 5.69 Å². The van der Waals surface area contributed by atoms with Crippen LogP contribution >= 0.6 is 0 Å². The summed E-state index contributed by atoms with van der Waals surface area (Å²) in [6.07, 6.45) is 1.38. The van der Waals surface area contributed by atoms with Gasteiger partial charge in [-0.25, -0.2) is 4.68 Å². The van der Waals surface area contributed by atoms with Gasteiger partial charge in [-0.15, -0.1) is 5.10 Å². The Balaban J connectivity index is 1.59. The van der Waals surface area contributed by atoms with Gasteiger partial charge in [-0.3, -0.25) is 4.79 Å². The third kappa shape index (κ3) is 4.30. The Kier molecular flexibility index (Phi) is 5.20. The third-order valence-electron chi connectivity index (χ3n) is 3.89. The standard InChI is InChI=1S/C19H20N4O2/c1-14(12-18(24)15-8-4-2-5-9-15)20-19(25)17-13-23(22-21-17)16-10-6-3-7-11-16/h2-11,13-14,18,24H,12H2,1H3,(H,20,25). The van der Waals surface area contributed by atoms with Gasteiger partial charge in [-0.05, 0) is 31.0 Å². The number of hydrogen-bond donors (Lipinski definition) is 2. The van der Waals surface area contributed by atoms with Crippen LogP contribution in [0.1, 0.15) is 35.5 Å². The Morgan fingerprint density at radius 3 is 2.44 bits per heavy atom. The molecule has 1 aromatic heterocycles. The van der Waals surface area contributed by atoms with Gasteiger partial charge in [0.05, 0.1) is 18.0 Å². The van der Waals surface area contributed by atoms with E-state index in [0.29, 0.717) is 6.42 Å². The summed E-state index contributed by atoms with van der Waals surface area (Å²) < 4.78 is 1.55. The molecule has 1 heterocycles. The predicted octanol–water partition coefficient (Wildman–Crippen LogP) is 2.51. The maximum absolute atomic E-state index is 12.3. The van der Waals surface area contributed by atoms with E-state index in [4.69, 9.17) is 0 Å². The Morgan fingerprint density at radius 2 is 1.76 bits per heavy atom. The normalized spacial score (nSPS) is 13.2. The lowest BCUT2D eigenvalue weighted by Crippen LogP contribution is -2.34. The van der Waals surface area contributed by atoms with Crippen LogP contribution < -0.4 is 5.32 Å². The van der Waals surface area contributed by atoms with Crippen LogP contribution in [0.5, 0.6) is 0 Å². The average Bonchev–Trinajstić information content (AvgIpc) is 3.13. The summed E-state index contributed by atoms with van der Waals surface area (Å²) >= 11 is 0. The highest BCUT2D eigenvalue weighted by Crippen LogP contribution is 2.17. The molecule has 6 nitrogen and oxygen atoms in total. The van der Waals surface area contributed by atoms with E-state index >= 15 is 0 Å². The van der Waals surface area contributed by atoms with Gasteiger partial charge in [-0.2, -0.15) is 0 Å². The fourth-order valence-electron chi connectivity index (χ4n) is 2.58. The highest BCUT2D eigenvalue weighted by molar-refractivity contribution is 5.92. The number of aromatic nitrogens is 3. The summed E-state index contributed by atoms with van der Waals surface area (Å²) in [5.74, 6) is -0.310. The number of benzene rings is 2. The molecule has 0 aliphatic carbocycles. The molecule has 2 N–H and O–H groups in total. The lowest BCUT2D eigenvalue weighted by Gasteiger charge is -2.17. The summed E-state index contributed by atoms with van der Waals surface area (Å²) in [4.78, 5) is 12.3. The molecule has 128 valence electrons. The van der Waals surface area contributed by atoms with Gasteiger partial charge in [-0.1, -0.05) is 53.7 Å². The minimum atomic E-state index is -0.628. The molecule has 2 unspecified atom stereocenters. The van der Waals surface area contributed by atoms with Crippen molar-refractivity contribution in [3.63, 3.8) is 0 Å². The first-order chi connectivity index (χ1) is 12.1. The zero-order valence-electron chi connectivity index (χ0n) is 13.9. The lowest BCUT2D eigenvalue weighted by atomic mass is 10.0. The van der Waals surface area contributed by atoms with Gasteiger partial charge in [0, 0.05) is 6.04 Å². The average molecular weight is 336 g/mol. The SMILES string of the molecule is CC(CC(O)c1ccccc1)NC(=O)c1cn(-c2ccccc2)nn1. The van der Waals surface area contributed by atoms with Gasteiger partial charge in [0.1, 0.15) is 0 Å². The molecule has 3 aromatic rings. The Hall–Kier alpha value is -2.99. The highest BCUT2D eigenvalue weighted by atomic mass is 16.3. The van der Waals surface area contributed by atoms with E-state index in [2.05, 4.69) is 15.6 Å². The van der Waals surface area contributed by atoms with Crippen LogP contribution in [0, 0.1) is 0 Å². The number of carbonyl (C=O) groups is 1. The minimum Gasteiger partial charge on any atom is -0.388 e. The Morgan fingerprint density at radius 1 is 1.12 bits per heavy atom. The zero-order chi connectivity index (χ0) is 17.6. The van der Waals surface area contributed by atoms with Crippen molar-refractivity contribution in [1.29, 1.82) is 0 Å². The molecule has 0 spiro atoms. The number of nitrogens with one attached hydrogen (secondary N) is 1. The van der Waals surface area contributed by atoms with Crippen LogP contribution in [-0.2, 0) is 0 Å². The molecule has 0 fully saturated rings. The third-order valence-corrected chi connectivity index (χ3v) is 3.89. The maximum Gasteiger partial charge on any atom is 0.273 e. The number of para-hydroxylation sites is 1. The van der Waals surface area contributed by atoms with E-state index in [0.717, 1.165) is 11.3 Å². The number of carbonyl (C=O) groups excluding carboxylic acids is 1. The van der Waals surface area contributed by atoms with Crippen LogP contribution in [0.25, 0.3) is 5.69 Å². The topological polar surface area (TPSA) is 80.0 Å². The number of nitrogens with zero attached hydrogens (tertiary/aromatic N) is 3. The fourth-order valence-corrected chi connectivity index (χ4v) is 2.58. The van der Waals surface area contributed by atoms with Gasteiger partial charge in [0.25, 0.3) is 5.91 Å². The van der Waals surface area contributed by atoms with E-state index in [-0.39, 0.29) is 17.6 Å². The second-order valence-electron chi connectivity index (χ2n) is 5.92. The molecule has 25 heavy (non-hydrogen) atoms. The van der Waals surface area contributed by atoms with E-state index in [1.807, 2.05) is 67.6 Å². The second-order valence-corrected chi connectivity index (χ2v) is 5.92. The van der Waals surface area contributed by atoms with E-state index in [1.54, 1.807) is 10.9 Å². The molecule has 2 atom stereocenters. The quantitative estimate of drug-likeness (QED) is 0.725. The molecule has 6 heteroatoms. The molecule has 0 saturated heterocycles. The van der Waals surface area contributed by atoms with Crippen molar-refractivity contribution in [2.24, 2.45) is 0 Å². The molecule has 2 aromatic carbocycles. The number of hydrogen-bond acceptors (Lipinski definition) is 4. The first-order valence-electron chi connectivity index (χ1n) is 8.15. The number of rotatable bonds is 6. The van der Waals surface area contributed by atoms with Crippen molar-refractivity contribution >= 4 is 5.91 Å². The predicted molar refractivity (Wildman–Crippen MR) is 94.3 cm³/mol. The van der Waals surface area contributed by atoms with Gasteiger partial charge in [0.2, 0.25) is 0 Å². The maximum atomic E-state index is 12.3. The van der Waals surface area contributed by atoms with E-state index in [9.17, 15) is 9.90 Å². The molecular weight excluding hydrogens is 316 g/mol. The molecule has 0 saturated carbocycles. The molecule has 0 aliphatic heterocycles. The molecule has 3 rings (SSSR count). The molecular formula is C19H20N4O2. The van der Waals surface area contributed by atoms with E-state index < -0.39 is 6.10 Å². The van der Waals surface area contributed by atoms with Crippen molar-refractivity contribution < 1.29 is 9.90 Å². The zero-order valence-corrected chi connectivity index (χ0v) is 13.9. The molecule has 0 aliphatic rings. The summed E-state index contributed by atoms with van der Waals surface area (Å²) in [6.45, 7) is 1.85. The van der Waals surface area contributed by atoms with Crippen molar-refractivity contribution in [1.82, 2.24) is 20.3 Å². The van der Waals surface area contributed by atoms with Crippen molar-refractivity contribution in [2.75, 3.05) is 0 Å². The van der Waals surface area contributed by atoms with Crippen molar-refractivity contribution in [3.05, 3.63) is 78.1 Å². The second kappa shape index (κ2) is 7.72. The summed E-state index contributed by atoms with van der Waals surface area (Å²) in [6, 6.07) is 18.6. The fraction of sp³-hybridized carbons (Fsp3) is 0.211. The van der Waals surface area contributed by atoms with Crippen LogP contribution in [0.15, 0.2) is 66.9 Å². The first kappa shape index (κ1) is 16.9. The van der Waals surface area contributed by atoms with Crippen molar-refractivity contribution in [2.45, 2.75) is 25.5 Å². The summed E-state index contributed by atoms with van der Waals surface area (Å²) in [7, 11) is 0. The van der Waals surface area contributed by atoms with Crippen LogP contribution in [0.2, 0.25) is 0 Å². The Bertz CT molecular complexity index is 818. The van der Waals surface area contributed by atoms with Crippen LogP contribution in [0.4, 0.5) is 0 Å². The lowest BCUT2D eigenvalue weighted by molar-refractivity contribution is 0.0912. The van der Waals surface area contributed by atoms with Gasteiger partial charge >= 0.3 is 0 Å². The summed E-state index contributed by atoms with van der Waals surface area (Å²) in [5, 5.41) is 21.0. The number of aliphatic hydroxyl groups excluding tert-OH is 1. The monoisotopic (exact) mass is 336 g/mol. The minimum absolute atomic E-state index is 0.204. The van der Waals surface area contributed by atoms with Crippen LogP contribution in [-0.4, -0.2) is 32.0 Å². The van der Waals surface area contributed by atoms with Gasteiger partial charge in [0.15, 0.2) is 5.69 Å². The number of amides is 1. The highest BCUT2D eigenvalue weighted by Gasteiger charge is 2.17. The largest absolute Gasteiger partial charge is 0.388 e. The molecule has 0 bridgehead atoms.